The number of hydrogen-bond acceptors (Lipinski definition) is 5. The second-order valence-electron chi connectivity index (χ2n) is 5.35. The molecule has 1 fully saturated rings. The molecule has 1 saturated heterocycles. The van der Waals surface area contributed by atoms with Crippen molar-refractivity contribution in [3.8, 4) is 11.3 Å². The minimum Gasteiger partial charge on any atom is -0.453 e. The van der Waals surface area contributed by atoms with Crippen LogP contribution in [0.1, 0.15) is 11.3 Å². The largest absolute Gasteiger partial charge is 0.453 e. The van der Waals surface area contributed by atoms with Gasteiger partial charge in [0.05, 0.1) is 23.7 Å². The fraction of sp³-hybridized carbons (Fsp3) is 0.312. The topological polar surface area (TPSA) is 68.8 Å². The molecule has 0 unspecified atom stereocenters. The Bertz CT molecular complexity index is 750. The highest BCUT2D eigenvalue weighted by atomic mass is 32.1. The number of furan rings is 1. The lowest BCUT2D eigenvalue weighted by Crippen LogP contribution is -2.40. The van der Waals surface area contributed by atoms with Crippen LogP contribution >= 0.6 is 12.2 Å². The summed E-state index contributed by atoms with van der Waals surface area (Å²) < 4.78 is 11.1. The van der Waals surface area contributed by atoms with Crippen molar-refractivity contribution in [2.45, 2.75) is 6.92 Å². The molecule has 0 radical (unpaired) electrons. The van der Waals surface area contributed by atoms with Crippen LogP contribution in [0.25, 0.3) is 11.3 Å². The van der Waals surface area contributed by atoms with E-state index in [1.807, 2.05) is 17.9 Å². The van der Waals surface area contributed by atoms with Crippen LogP contribution in [-0.4, -0.2) is 41.1 Å². The number of thiocarbonyl (C=S) groups is 1. The van der Waals surface area contributed by atoms with Gasteiger partial charge in [0.1, 0.15) is 10.7 Å². The number of hydrogen-bond donors (Lipinski definition) is 0. The van der Waals surface area contributed by atoms with Crippen LogP contribution in [0, 0.1) is 17.0 Å². The third-order valence-corrected chi connectivity index (χ3v) is 4.19. The van der Waals surface area contributed by atoms with Gasteiger partial charge in [-0.1, -0.05) is 18.3 Å². The second kappa shape index (κ2) is 6.47. The molecule has 0 bridgehead atoms. The van der Waals surface area contributed by atoms with Crippen LogP contribution in [0.5, 0.6) is 0 Å². The molecule has 7 heteroatoms. The Morgan fingerprint density at radius 1 is 1.26 bits per heavy atom. The van der Waals surface area contributed by atoms with Crippen molar-refractivity contribution in [2.24, 2.45) is 0 Å². The van der Waals surface area contributed by atoms with Crippen molar-refractivity contribution in [3.63, 3.8) is 0 Å². The summed E-state index contributed by atoms with van der Waals surface area (Å²) in [6, 6.07) is 8.55. The van der Waals surface area contributed by atoms with Gasteiger partial charge in [-0.05, 0) is 30.7 Å². The Hall–Kier alpha value is -2.25. The molecule has 0 aliphatic carbocycles. The molecular formula is C16H16N2O4S. The number of nitro groups is 1. The molecular weight excluding hydrogens is 316 g/mol. The van der Waals surface area contributed by atoms with Crippen LogP contribution in [0.15, 0.2) is 34.7 Å². The van der Waals surface area contributed by atoms with Gasteiger partial charge in [0.25, 0.3) is 5.69 Å². The summed E-state index contributed by atoms with van der Waals surface area (Å²) in [6.07, 6.45) is 0. The molecule has 2 heterocycles. The summed E-state index contributed by atoms with van der Waals surface area (Å²) in [5, 5.41) is 11.3. The van der Waals surface area contributed by atoms with E-state index in [2.05, 4.69) is 0 Å². The Labute approximate surface area is 138 Å². The van der Waals surface area contributed by atoms with E-state index < -0.39 is 4.92 Å². The molecule has 120 valence electrons. The van der Waals surface area contributed by atoms with Gasteiger partial charge in [-0.25, -0.2) is 0 Å². The summed E-state index contributed by atoms with van der Waals surface area (Å²) in [6.45, 7) is 4.53. The Balaban J connectivity index is 1.90. The summed E-state index contributed by atoms with van der Waals surface area (Å²) in [7, 11) is 0. The molecule has 1 aliphatic heterocycles. The van der Waals surface area contributed by atoms with Crippen LogP contribution in [-0.2, 0) is 4.74 Å². The van der Waals surface area contributed by atoms with Crippen LogP contribution in [0.2, 0.25) is 0 Å². The summed E-state index contributed by atoms with van der Waals surface area (Å²) in [5.74, 6) is 0.995. The second-order valence-corrected chi connectivity index (χ2v) is 5.73. The van der Waals surface area contributed by atoms with Crippen molar-refractivity contribution in [3.05, 3.63) is 51.8 Å². The number of ether oxygens (including phenoxy) is 1. The Morgan fingerprint density at radius 3 is 2.70 bits per heavy atom. The van der Waals surface area contributed by atoms with E-state index in [1.165, 1.54) is 6.07 Å². The number of nitrogens with zero attached hydrogens (tertiary/aromatic N) is 2. The predicted molar refractivity (Wildman–Crippen MR) is 89.6 cm³/mol. The highest BCUT2D eigenvalue weighted by Gasteiger charge is 2.21. The first-order valence-corrected chi connectivity index (χ1v) is 7.69. The molecule has 1 aromatic carbocycles. The zero-order valence-corrected chi connectivity index (χ0v) is 13.5. The van der Waals surface area contributed by atoms with Gasteiger partial charge in [0.2, 0.25) is 0 Å². The fourth-order valence-electron chi connectivity index (χ4n) is 2.52. The molecule has 6 nitrogen and oxygen atoms in total. The van der Waals surface area contributed by atoms with Crippen molar-refractivity contribution in [1.29, 1.82) is 0 Å². The van der Waals surface area contributed by atoms with E-state index in [0.29, 0.717) is 35.3 Å². The summed E-state index contributed by atoms with van der Waals surface area (Å²) >= 11 is 5.45. The minimum absolute atomic E-state index is 0.0307. The van der Waals surface area contributed by atoms with Crippen molar-refractivity contribution in [1.82, 2.24) is 4.90 Å². The Kier molecular flexibility index (Phi) is 4.40. The van der Waals surface area contributed by atoms with Gasteiger partial charge in [0, 0.05) is 19.2 Å². The lowest BCUT2D eigenvalue weighted by atomic mass is 10.1. The van der Waals surface area contributed by atoms with Gasteiger partial charge in [-0.15, -0.1) is 0 Å². The van der Waals surface area contributed by atoms with Crippen molar-refractivity contribution < 1.29 is 14.1 Å². The molecule has 2 aromatic rings. The monoisotopic (exact) mass is 332 g/mol. The van der Waals surface area contributed by atoms with Crippen LogP contribution in [0.4, 0.5) is 5.69 Å². The maximum Gasteiger partial charge on any atom is 0.280 e. The smallest absolute Gasteiger partial charge is 0.280 e. The van der Waals surface area contributed by atoms with Gasteiger partial charge < -0.3 is 14.1 Å². The van der Waals surface area contributed by atoms with E-state index in [-0.39, 0.29) is 5.69 Å². The van der Waals surface area contributed by atoms with E-state index >= 15 is 0 Å². The number of morpholine rings is 1. The lowest BCUT2D eigenvalue weighted by Gasteiger charge is -2.28. The molecule has 3 rings (SSSR count). The summed E-state index contributed by atoms with van der Waals surface area (Å²) in [5.41, 5.74) is 1.32. The third-order valence-electron chi connectivity index (χ3n) is 3.73. The molecule has 1 aromatic heterocycles. The van der Waals surface area contributed by atoms with Crippen LogP contribution < -0.4 is 0 Å². The van der Waals surface area contributed by atoms with E-state index in [9.17, 15) is 10.1 Å². The van der Waals surface area contributed by atoms with Gasteiger partial charge in [0.15, 0.2) is 5.76 Å². The molecule has 0 saturated carbocycles. The summed E-state index contributed by atoms with van der Waals surface area (Å²) in [4.78, 5) is 13.5. The highest BCUT2D eigenvalue weighted by molar-refractivity contribution is 7.80. The van der Waals surface area contributed by atoms with Gasteiger partial charge in [-0.2, -0.15) is 0 Å². The zero-order chi connectivity index (χ0) is 16.4. The van der Waals surface area contributed by atoms with E-state index in [4.69, 9.17) is 21.4 Å². The predicted octanol–water partition coefficient (Wildman–Crippen LogP) is 3.17. The minimum atomic E-state index is -0.398. The van der Waals surface area contributed by atoms with Crippen molar-refractivity contribution >= 4 is 22.9 Å². The number of rotatable bonds is 3. The Morgan fingerprint density at radius 2 is 2.00 bits per heavy atom. The van der Waals surface area contributed by atoms with E-state index in [0.717, 1.165) is 18.7 Å². The molecule has 1 aliphatic rings. The molecule has 0 spiro atoms. The van der Waals surface area contributed by atoms with Crippen LogP contribution in [0.3, 0.4) is 0 Å². The normalized spacial score (nSPS) is 14.7. The average molecular weight is 332 g/mol. The maximum absolute atomic E-state index is 11.3. The standard InChI is InChI=1S/C16H16N2O4S/c1-11-2-3-12(13(10-11)18(19)20)14-4-5-15(22-14)16(23)17-6-8-21-9-7-17/h2-5,10H,6-9H2,1H3. The first-order chi connectivity index (χ1) is 11.1. The fourth-order valence-corrected chi connectivity index (χ4v) is 2.81. The number of aryl methyl sites for hydroxylation is 1. The maximum atomic E-state index is 11.3. The lowest BCUT2D eigenvalue weighted by molar-refractivity contribution is -0.384. The van der Waals surface area contributed by atoms with Gasteiger partial charge in [-0.3, -0.25) is 10.1 Å². The molecule has 0 N–H and O–H groups in total. The third kappa shape index (κ3) is 3.25. The first kappa shape index (κ1) is 15.6. The zero-order valence-electron chi connectivity index (χ0n) is 12.7. The van der Waals surface area contributed by atoms with E-state index in [1.54, 1.807) is 18.2 Å². The average Bonchev–Trinajstić information content (AvgIpc) is 3.04. The number of benzene rings is 1. The number of nitro benzene ring substituents is 1. The molecule has 0 atom stereocenters. The molecule has 23 heavy (non-hydrogen) atoms. The van der Waals surface area contributed by atoms with Crippen molar-refractivity contribution in [2.75, 3.05) is 26.3 Å². The highest BCUT2D eigenvalue weighted by Crippen LogP contribution is 2.32. The molecule has 0 amide bonds. The SMILES string of the molecule is Cc1ccc(-c2ccc(C(=S)N3CCOCC3)o2)c([N+](=O)[O-])c1. The quantitative estimate of drug-likeness (QED) is 0.488. The first-order valence-electron chi connectivity index (χ1n) is 7.28. The van der Waals surface area contributed by atoms with Gasteiger partial charge >= 0.3 is 0 Å².